The molecule has 2 aromatic rings. The molecule has 1 N–H and O–H groups in total. The minimum atomic E-state index is -4.56. The Bertz CT molecular complexity index is 927. The van der Waals surface area contributed by atoms with Crippen molar-refractivity contribution in [3.05, 3.63) is 42.0 Å². The van der Waals surface area contributed by atoms with E-state index in [0.717, 1.165) is 17.9 Å². The molecule has 0 saturated carbocycles. The van der Waals surface area contributed by atoms with Gasteiger partial charge in [-0.2, -0.15) is 18.2 Å². The van der Waals surface area contributed by atoms with Crippen LogP contribution >= 0.6 is 0 Å². The van der Waals surface area contributed by atoms with Gasteiger partial charge in [0.15, 0.2) is 6.04 Å². The summed E-state index contributed by atoms with van der Waals surface area (Å²) in [5.74, 6) is 0.247. The summed E-state index contributed by atoms with van der Waals surface area (Å²) >= 11 is 0. The standard InChI is InChI=1S/C25H33F3N2O2/c1-4-5-6-7-8-9-15-32-19-13-14-20-18(16-19)11-10-12-21(20)23(25(26,27)28)30-24(2,3)17-22(31)29-30/h10-14,16,23H,4-9,15,17H2,1-3H3,(H,29,31). The second-order valence-electron chi connectivity index (χ2n) is 9.18. The van der Waals surface area contributed by atoms with Gasteiger partial charge in [0, 0.05) is 12.0 Å². The van der Waals surface area contributed by atoms with Gasteiger partial charge in [0.05, 0.1) is 6.61 Å². The second kappa shape index (κ2) is 10.1. The summed E-state index contributed by atoms with van der Waals surface area (Å²) in [5.41, 5.74) is 1.59. The summed E-state index contributed by atoms with van der Waals surface area (Å²) in [5, 5.41) is 2.23. The maximum absolute atomic E-state index is 14.2. The van der Waals surface area contributed by atoms with E-state index in [1.165, 1.54) is 31.7 Å². The van der Waals surface area contributed by atoms with E-state index in [1.54, 1.807) is 44.2 Å². The van der Waals surface area contributed by atoms with Crippen LogP contribution in [0.2, 0.25) is 0 Å². The molecule has 0 bridgehead atoms. The Balaban J connectivity index is 1.80. The van der Waals surface area contributed by atoms with Crippen LogP contribution in [0, 0.1) is 0 Å². The molecule has 1 aliphatic heterocycles. The predicted octanol–water partition coefficient (Wildman–Crippen LogP) is 6.70. The Hall–Kier alpha value is -2.28. The van der Waals surface area contributed by atoms with Gasteiger partial charge in [-0.15, -0.1) is 0 Å². The van der Waals surface area contributed by atoms with Crippen LogP contribution in [0.25, 0.3) is 10.8 Å². The van der Waals surface area contributed by atoms with Gasteiger partial charge >= 0.3 is 6.18 Å². The molecule has 32 heavy (non-hydrogen) atoms. The highest BCUT2D eigenvalue weighted by atomic mass is 19.4. The lowest BCUT2D eigenvalue weighted by Crippen LogP contribution is -2.51. The number of ether oxygens (including phenoxy) is 1. The van der Waals surface area contributed by atoms with Crippen LogP contribution in [-0.2, 0) is 4.79 Å². The van der Waals surface area contributed by atoms with Gasteiger partial charge in [0.25, 0.3) is 0 Å². The van der Waals surface area contributed by atoms with Crippen molar-refractivity contribution in [3.8, 4) is 5.75 Å². The number of fused-ring (bicyclic) bond motifs is 1. The lowest BCUT2D eigenvalue weighted by Gasteiger charge is -2.38. The summed E-state index contributed by atoms with van der Waals surface area (Å²) < 4.78 is 48.5. The van der Waals surface area contributed by atoms with E-state index < -0.39 is 23.7 Å². The number of hydrogen-bond acceptors (Lipinski definition) is 3. The third kappa shape index (κ3) is 5.74. The van der Waals surface area contributed by atoms with Crippen molar-refractivity contribution in [2.75, 3.05) is 6.61 Å². The number of carbonyl (C=O) groups excluding carboxylic acids is 1. The van der Waals surface area contributed by atoms with E-state index in [4.69, 9.17) is 4.74 Å². The number of alkyl halides is 3. The molecule has 1 aliphatic rings. The van der Waals surface area contributed by atoms with Crippen molar-refractivity contribution >= 4 is 16.7 Å². The molecule has 4 nitrogen and oxygen atoms in total. The summed E-state index contributed by atoms with van der Waals surface area (Å²) in [7, 11) is 0. The van der Waals surface area contributed by atoms with Crippen molar-refractivity contribution in [1.82, 2.24) is 10.4 Å². The maximum Gasteiger partial charge on any atom is 0.409 e. The van der Waals surface area contributed by atoms with Crippen molar-refractivity contribution < 1.29 is 22.7 Å². The van der Waals surface area contributed by atoms with Crippen molar-refractivity contribution in [1.29, 1.82) is 0 Å². The summed E-state index contributed by atoms with van der Waals surface area (Å²) in [6, 6.07) is 8.16. The maximum atomic E-state index is 14.2. The number of hydrazine groups is 1. The Morgan fingerprint density at radius 2 is 1.81 bits per heavy atom. The fourth-order valence-corrected chi connectivity index (χ4v) is 4.37. The van der Waals surface area contributed by atoms with Gasteiger partial charge in [0.1, 0.15) is 5.75 Å². The van der Waals surface area contributed by atoms with E-state index in [9.17, 15) is 18.0 Å². The molecule has 2 aromatic carbocycles. The van der Waals surface area contributed by atoms with Gasteiger partial charge in [-0.05, 0) is 48.7 Å². The molecule has 1 fully saturated rings. The quantitative estimate of drug-likeness (QED) is 0.410. The van der Waals surface area contributed by atoms with Crippen molar-refractivity contribution in [2.24, 2.45) is 0 Å². The average molecular weight is 451 g/mol. The van der Waals surface area contributed by atoms with Gasteiger partial charge in [-0.1, -0.05) is 63.3 Å². The van der Waals surface area contributed by atoms with E-state index in [0.29, 0.717) is 23.1 Å². The molecule has 0 spiro atoms. The zero-order valence-electron chi connectivity index (χ0n) is 19.1. The second-order valence-corrected chi connectivity index (χ2v) is 9.18. The zero-order valence-corrected chi connectivity index (χ0v) is 19.1. The molecule has 1 heterocycles. The summed E-state index contributed by atoms with van der Waals surface area (Å²) in [4.78, 5) is 11.9. The molecule has 1 saturated heterocycles. The molecule has 1 atom stereocenters. The van der Waals surface area contributed by atoms with Gasteiger partial charge in [-0.3, -0.25) is 10.2 Å². The van der Waals surface area contributed by atoms with E-state index >= 15 is 0 Å². The number of rotatable bonds is 10. The minimum absolute atomic E-state index is 0.0147. The molecule has 0 radical (unpaired) electrons. The highest BCUT2D eigenvalue weighted by molar-refractivity contribution is 5.87. The zero-order chi connectivity index (χ0) is 23.4. The van der Waals surface area contributed by atoms with Gasteiger partial charge < -0.3 is 4.74 Å². The smallest absolute Gasteiger partial charge is 0.409 e. The van der Waals surface area contributed by atoms with E-state index in [1.807, 2.05) is 0 Å². The van der Waals surface area contributed by atoms with Crippen LogP contribution < -0.4 is 10.2 Å². The Morgan fingerprint density at radius 3 is 2.47 bits per heavy atom. The molecule has 1 amide bonds. The predicted molar refractivity (Wildman–Crippen MR) is 120 cm³/mol. The number of carbonyl (C=O) groups is 1. The highest BCUT2D eigenvalue weighted by Crippen LogP contribution is 2.44. The Kier molecular flexibility index (Phi) is 7.70. The van der Waals surface area contributed by atoms with Crippen molar-refractivity contribution in [2.45, 2.75) is 83.5 Å². The Labute approximate surface area is 188 Å². The Morgan fingerprint density at radius 1 is 1.09 bits per heavy atom. The average Bonchev–Trinajstić information content (AvgIpc) is 2.98. The van der Waals surface area contributed by atoms with Gasteiger partial charge in [0.2, 0.25) is 5.91 Å². The van der Waals surface area contributed by atoms with Crippen LogP contribution in [0.1, 0.15) is 77.3 Å². The third-order valence-corrected chi connectivity index (χ3v) is 6.01. The number of amides is 1. The first-order valence-corrected chi connectivity index (χ1v) is 11.4. The number of nitrogens with one attached hydrogen (secondary N) is 1. The van der Waals surface area contributed by atoms with Crippen LogP contribution in [0.4, 0.5) is 13.2 Å². The largest absolute Gasteiger partial charge is 0.494 e. The molecule has 1 unspecified atom stereocenters. The highest BCUT2D eigenvalue weighted by Gasteiger charge is 2.53. The topological polar surface area (TPSA) is 41.6 Å². The number of halogens is 3. The molecular formula is C25H33F3N2O2. The molecule has 3 rings (SSSR count). The molecule has 7 heteroatoms. The SMILES string of the molecule is CCCCCCCCOc1ccc2c(C(N3NC(=O)CC3(C)C)C(F)(F)F)cccc2c1. The van der Waals surface area contributed by atoms with E-state index in [2.05, 4.69) is 12.3 Å². The molecule has 0 aliphatic carbocycles. The van der Waals surface area contributed by atoms with Crippen molar-refractivity contribution in [3.63, 3.8) is 0 Å². The number of hydrogen-bond donors (Lipinski definition) is 1. The van der Waals surface area contributed by atoms with E-state index in [-0.39, 0.29) is 12.0 Å². The summed E-state index contributed by atoms with van der Waals surface area (Å²) in [6.45, 7) is 6.07. The minimum Gasteiger partial charge on any atom is -0.494 e. The first-order chi connectivity index (χ1) is 15.1. The monoisotopic (exact) mass is 450 g/mol. The lowest BCUT2D eigenvalue weighted by molar-refractivity contribution is -0.203. The number of benzene rings is 2. The molecule has 0 aromatic heterocycles. The lowest BCUT2D eigenvalue weighted by atomic mass is 9.93. The first kappa shape index (κ1) is 24.4. The van der Waals surface area contributed by atoms with Crippen LogP contribution in [0.15, 0.2) is 36.4 Å². The fourth-order valence-electron chi connectivity index (χ4n) is 4.37. The summed E-state index contributed by atoms with van der Waals surface area (Å²) in [6.07, 6.45) is 2.43. The first-order valence-electron chi connectivity index (χ1n) is 11.4. The number of nitrogens with zero attached hydrogens (tertiary/aromatic N) is 1. The number of unbranched alkanes of at least 4 members (excludes halogenated alkanes) is 5. The molecule has 176 valence electrons. The van der Waals surface area contributed by atoms with Crippen LogP contribution in [0.5, 0.6) is 5.75 Å². The molecular weight excluding hydrogens is 417 g/mol. The third-order valence-electron chi connectivity index (χ3n) is 6.01. The van der Waals surface area contributed by atoms with Crippen LogP contribution in [-0.4, -0.2) is 29.2 Å². The van der Waals surface area contributed by atoms with Gasteiger partial charge in [-0.25, -0.2) is 0 Å². The fraction of sp³-hybridized carbons (Fsp3) is 0.560. The normalized spacial score (nSPS) is 17.5. The van der Waals surface area contributed by atoms with Crippen LogP contribution in [0.3, 0.4) is 0 Å².